The van der Waals surface area contributed by atoms with Crippen molar-refractivity contribution in [1.82, 2.24) is 10.6 Å². The van der Waals surface area contributed by atoms with Crippen LogP contribution in [0.1, 0.15) is 18.1 Å². The third-order valence-corrected chi connectivity index (χ3v) is 3.89. The van der Waals surface area contributed by atoms with E-state index in [4.69, 9.17) is 23.2 Å². The standard InChI is InChI=1S/C13H16Cl2N2O3/c14-8-2-1-3-9(15)12(8)11(19)6-17-13(20)10-4-7(18)5-16-10/h1-3,7,10-11,16,18-19H,4-6H2,(H,17,20)/t7-,10+,11+/m1/s1. The Bertz CT molecular complexity index is 478. The average molecular weight is 319 g/mol. The van der Waals surface area contributed by atoms with Crippen LogP contribution in [0.2, 0.25) is 10.0 Å². The maximum absolute atomic E-state index is 11.8. The number of rotatable bonds is 4. The monoisotopic (exact) mass is 318 g/mol. The number of hydrogen-bond acceptors (Lipinski definition) is 4. The summed E-state index contributed by atoms with van der Waals surface area (Å²) in [6.07, 6.45) is -1.12. The van der Waals surface area contributed by atoms with E-state index in [9.17, 15) is 15.0 Å². The Morgan fingerprint density at radius 1 is 1.45 bits per heavy atom. The van der Waals surface area contributed by atoms with Crippen molar-refractivity contribution in [3.05, 3.63) is 33.8 Å². The van der Waals surface area contributed by atoms with E-state index in [-0.39, 0.29) is 12.5 Å². The lowest BCUT2D eigenvalue weighted by Crippen LogP contribution is -2.41. The first-order valence-electron chi connectivity index (χ1n) is 6.30. The van der Waals surface area contributed by atoms with Crippen LogP contribution in [0.5, 0.6) is 0 Å². The average Bonchev–Trinajstić information content (AvgIpc) is 2.82. The summed E-state index contributed by atoms with van der Waals surface area (Å²) < 4.78 is 0. The highest BCUT2D eigenvalue weighted by atomic mass is 35.5. The first-order valence-corrected chi connectivity index (χ1v) is 7.05. The molecule has 1 heterocycles. The molecule has 0 unspecified atom stereocenters. The fourth-order valence-electron chi connectivity index (χ4n) is 2.17. The second-order valence-corrected chi connectivity index (χ2v) is 5.56. The summed E-state index contributed by atoms with van der Waals surface area (Å²) in [4.78, 5) is 11.8. The van der Waals surface area contributed by atoms with Gasteiger partial charge in [-0.15, -0.1) is 0 Å². The number of aliphatic hydroxyl groups excluding tert-OH is 2. The van der Waals surface area contributed by atoms with Gasteiger partial charge in [-0.2, -0.15) is 0 Å². The minimum Gasteiger partial charge on any atom is -0.392 e. The van der Waals surface area contributed by atoms with Crippen molar-refractivity contribution in [1.29, 1.82) is 0 Å². The van der Waals surface area contributed by atoms with Gasteiger partial charge in [0.1, 0.15) is 0 Å². The topological polar surface area (TPSA) is 81.6 Å². The summed E-state index contributed by atoms with van der Waals surface area (Å²) in [5, 5.41) is 25.6. The Labute approximate surface area is 126 Å². The van der Waals surface area contributed by atoms with Crippen LogP contribution in [0.3, 0.4) is 0 Å². The quantitative estimate of drug-likeness (QED) is 0.664. The molecular weight excluding hydrogens is 303 g/mol. The molecule has 7 heteroatoms. The van der Waals surface area contributed by atoms with Crippen molar-refractivity contribution in [3.63, 3.8) is 0 Å². The van der Waals surface area contributed by atoms with Crippen LogP contribution in [0.25, 0.3) is 0 Å². The van der Waals surface area contributed by atoms with Gasteiger partial charge >= 0.3 is 0 Å². The fourth-order valence-corrected chi connectivity index (χ4v) is 2.82. The molecule has 110 valence electrons. The number of benzene rings is 1. The largest absolute Gasteiger partial charge is 0.392 e. The van der Waals surface area contributed by atoms with E-state index in [0.717, 1.165) is 0 Å². The first kappa shape index (κ1) is 15.5. The zero-order valence-electron chi connectivity index (χ0n) is 10.6. The fraction of sp³-hybridized carbons (Fsp3) is 0.462. The van der Waals surface area contributed by atoms with Crippen LogP contribution in [0, 0.1) is 0 Å². The van der Waals surface area contributed by atoms with Gasteiger partial charge in [-0.05, 0) is 18.6 Å². The number of carbonyl (C=O) groups is 1. The molecule has 0 radical (unpaired) electrons. The molecule has 1 aliphatic rings. The molecule has 3 atom stereocenters. The third-order valence-electron chi connectivity index (χ3n) is 3.23. The highest BCUT2D eigenvalue weighted by Gasteiger charge is 2.28. The lowest BCUT2D eigenvalue weighted by Gasteiger charge is -2.17. The van der Waals surface area contributed by atoms with Crippen LogP contribution in [-0.4, -0.2) is 41.4 Å². The van der Waals surface area contributed by atoms with Gasteiger partial charge in [0.15, 0.2) is 0 Å². The normalized spacial score (nSPS) is 23.6. The maximum atomic E-state index is 11.8. The molecule has 0 saturated carbocycles. The molecule has 20 heavy (non-hydrogen) atoms. The summed E-state index contributed by atoms with van der Waals surface area (Å²) in [6.45, 7) is 0.410. The van der Waals surface area contributed by atoms with E-state index >= 15 is 0 Å². The van der Waals surface area contributed by atoms with Crippen molar-refractivity contribution >= 4 is 29.1 Å². The van der Waals surface area contributed by atoms with Crippen molar-refractivity contribution in [2.24, 2.45) is 0 Å². The Morgan fingerprint density at radius 2 is 2.10 bits per heavy atom. The van der Waals surface area contributed by atoms with Crippen LogP contribution < -0.4 is 10.6 Å². The Balaban J connectivity index is 1.92. The summed E-state index contributed by atoms with van der Waals surface area (Å²) in [5.74, 6) is -0.260. The van der Waals surface area contributed by atoms with Gasteiger partial charge in [0.05, 0.1) is 18.2 Å². The van der Waals surface area contributed by atoms with Crippen LogP contribution in [0.4, 0.5) is 0 Å². The molecule has 1 aromatic carbocycles. The minimum absolute atomic E-state index is 0.0105. The van der Waals surface area contributed by atoms with E-state index in [2.05, 4.69) is 10.6 Å². The van der Waals surface area contributed by atoms with E-state index in [1.165, 1.54) is 0 Å². The lowest BCUT2D eigenvalue weighted by atomic mass is 10.1. The Hall–Kier alpha value is -0.850. The molecule has 2 rings (SSSR count). The molecule has 1 fully saturated rings. The van der Waals surface area contributed by atoms with Crippen LogP contribution in [-0.2, 0) is 4.79 Å². The van der Waals surface area contributed by atoms with Gasteiger partial charge in [0, 0.05) is 28.7 Å². The lowest BCUT2D eigenvalue weighted by molar-refractivity contribution is -0.123. The van der Waals surface area contributed by atoms with Crippen LogP contribution >= 0.6 is 23.2 Å². The van der Waals surface area contributed by atoms with Crippen molar-refractivity contribution in [3.8, 4) is 0 Å². The van der Waals surface area contributed by atoms with Gasteiger partial charge in [-0.1, -0.05) is 29.3 Å². The second kappa shape index (κ2) is 6.74. The first-order chi connectivity index (χ1) is 9.49. The zero-order valence-corrected chi connectivity index (χ0v) is 12.2. The number of halogens is 2. The molecule has 0 aliphatic carbocycles. The summed E-state index contributed by atoms with van der Waals surface area (Å²) in [6, 6.07) is 4.51. The van der Waals surface area contributed by atoms with Gasteiger partial charge in [-0.25, -0.2) is 0 Å². The maximum Gasteiger partial charge on any atom is 0.237 e. The third kappa shape index (κ3) is 3.62. The summed E-state index contributed by atoms with van der Waals surface area (Å²) in [7, 11) is 0. The van der Waals surface area contributed by atoms with Crippen molar-refractivity contribution in [2.45, 2.75) is 24.7 Å². The Kier molecular flexibility index (Phi) is 5.23. The Morgan fingerprint density at radius 3 is 2.65 bits per heavy atom. The molecule has 5 nitrogen and oxygen atoms in total. The smallest absolute Gasteiger partial charge is 0.237 e. The number of β-amino-alcohol motifs (C(OH)–C–C–N with tert-alkyl or cyclic N) is 1. The van der Waals surface area contributed by atoms with Gasteiger partial charge in [0.25, 0.3) is 0 Å². The number of nitrogens with one attached hydrogen (secondary N) is 2. The molecule has 0 bridgehead atoms. The SMILES string of the molecule is O=C(NC[C@H](O)c1c(Cl)cccc1Cl)[C@@H]1C[C@@H](O)CN1. The summed E-state index contributed by atoms with van der Waals surface area (Å²) >= 11 is 12.0. The number of amides is 1. The van der Waals surface area contributed by atoms with Gasteiger partial charge < -0.3 is 20.8 Å². The molecule has 1 saturated heterocycles. The molecular formula is C13H16Cl2N2O3. The molecule has 1 aromatic rings. The molecule has 1 aliphatic heterocycles. The molecule has 0 spiro atoms. The predicted octanol–water partition coefficient (Wildman–Crippen LogP) is 0.866. The second-order valence-electron chi connectivity index (χ2n) is 4.75. The van der Waals surface area contributed by atoms with Crippen LogP contribution in [0.15, 0.2) is 18.2 Å². The number of aliphatic hydroxyl groups is 2. The van der Waals surface area contributed by atoms with Crippen molar-refractivity contribution < 1.29 is 15.0 Å². The van der Waals surface area contributed by atoms with E-state index in [0.29, 0.717) is 28.6 Å². The number of carbonyl (C=O) groups excluding carboxylic acids is 1. The minimum atomic E-state index is -0.980. The number of hydrogen-bond donors (Lipinski definition) is 4. The van der Waals surface area contributed by atoms with Gasteiger partial charge in [0.2, 0.25) is 5.91 Å². The van der Waals surface area contributed by atoms with E-state index < -0.39 is 18.2 Å². The van der Waals surface area contributed by atoms with E-state index in [1.54, 1.807) is 18.2 Å². The van der Waals surface area contributed by atoms with Gasteiger partial charge in [-0.3, -0.25) is 4.79 Å². The highest BCUT2D eigenvalue weighted by molar-refractivity contribution is 6.36. The molecule has 4 N–H and O–H groups in total. The van der Waals surface area contributed by atoms with Crippen molar-refractivity contribution in [2.75, 3.05) is 13.1 Å². The zero-order chi connectivity index (χ0) is 14.7. The highest BCUT2D eigenvalue weighted by Crippen LogP contribution is 2.29. The molecule has 0 aromatic heterocycles. The van der Waals surface area contributed by atoms with E-state index in [1.807, 2.05) is 0 Å². The predicted molar refractivity (Wildman–Crippen MR) is 76.8 cm³/mol. The summed E-state index contributed by atoms with van der Waals surface area (Å²) in [5.41, 5.74) is 0.399. The molecule has 1 amide bonds.